The van der Waals surface area contributed by atoms with E-state index in [0.29, 0.717) is 25.3 Å². The van der Waals surface area contributed by atoms with Crippen LogP contribution in [-0.2, 0) is 6.54 Å². The third-order valence-corrected chi connectivity index (χ3v) is 4.13. The molecule has 0 aliphatic carbocycles. The van der Waals surface area contributed by atoms with Crippen molar-refractivity contribution in [3.8, 4) is 11.5 Å². The molecule has 6 heteroatoms. The van der Waals surface area contributed by atoms with Gasteiger partial charge in [0, 0.05) is 12.1 Å². The van der Waals surface area contributed by atoms with Gasteiger partial charge in [-0.15, -0.1) is 12.4 Å². The molecule has 1 unspecified atom stereocenters. The normalized spacial score (nSPS) is 13.5. The standard InChI is InChI=1S/C19H22N2O3.ClH/c1-2-16(15-7-8-17-18(11-15)24-10-9-23-17)21-19(22)14-5-3-13(12-20)4-6-14;/h3-8,11,16H,2,9-10,12,20H2,1H3,(H,21,22);1H. The first-order valence-electron chi connectivity index (χ1n) is 8.20. The molecule has 0 spiro atoms. The van der Waals surface area contributed by atoms with Gasteiger partial charge >= 0.3 is 0 Å². The van der Waals surface area contributed by atoms with Crippen molar-refractivity contribution in [1.82, 2.24) is 5.32 Å². The number of hydrogen-bond acceptors (Lipinski definition) is 4. The molecule has 1 heterocycles. The third-order valence-electron chi connectivity index (χ3n) is 4.13. The van der Waals surface area contributed by atoms with E-state index < -0.39 is 0 Å². The highest BCUT2D eigenvalue weighted by Gasteiger charge is 2.18. The minimum Gasteiger partial charge on any atom is -0.486 e. The molecule has 0 saturated carbocycles. The molecule has 134 valence electrons. The largest absolute Gasteiger partial charge is 0.486 e. The van der Waals surface area contributed by atoms with Gasteiger partial charge in [-0.25, -0.2) is 0 Å². The lowest BCUT2D eigenvalue weighted by Crippen LogP contribution is -2.28. The molecule has 0 bridgehead atoms. The van der Waals surface area contributed by atoms with Crippen LogP contribution in [-0.4, -0.2) is 19.1 Å². The van der Waals surface area contributed by atoms with Crippen molar-refractivity contribution in [1.29, 1.82) is 0 Å². The van der Waals surface area contributed by atoms with E-state index in [-0.39, 0.29) is 24.4 Å². The molecule has 1 atom stereocenters. The van der Waals surface area contributed by atoms with E-state index in [0.717, 1.165) is 29.0 Å². The van der Waals surface area contributed by atoms with Crippen LogP contribution in [0.3, 0.4) is 0 Å². The molecule has 3 rings (SSSR count). The van der Waals surface area contributed by atoms with E-state index in [1.54, 1.807) is 12.1 Å². The average molecular weight is 363 g/mol. The van der Waals surface area contributed by atoms with E-state index in [4.69, 9.17) is 15.2 Å². The zero-order valence-corrected chi connectivity index (χ0v) is 15.0. The van der Waals surface area contributed by atoms with E-state index in [9.17, 15) is 4.79 Å². The van der Waals surface area contributed by atoms with Gasteiger partial charge in [-0.3, -0.25) is 4.79 Å². The first-order chi connectivity index (χ1) is 11.7. The van der Waals surface area contributed by atoms with Gasteiger partial charge in [0.25, 0.3) is 5.91 Å². The Labute approximate surface area is 153 Å². The Bertz CT molecular complexity index is 719. The van der Waals surface area contributed by atoms with E-state index in [1.165, 1.54) is 0 Å². The predicted molar refractivity (Wildman–Crippen MR) is 99.5 cm³/mol. The Morgan fingerprint density at radius 3 is 2.44 bits per heavy atom. The van der Waals surface area contributed by atoms with Crippen LogP contribution in [0.25, 0.3) is 0 Å². The summed E-state index contributed by atoms with van der Waals surface area (Å²) >= 11 is 0. The van der Waals surface area contributed by atoms with Gasteiger partial charge in [0.15, 0.2) is 11.5 Å². The minimum absolute atomic E-state index is 0. The topological polar surface area (TPSA) is 73.6 Å². The fourth-order valence-electron chi connectivity index (χ4n) is 2.73. The van der Waals surface area contributed by atoms with Gasteiger partial charge in [0.05, 0.1) is 6.04 Å². The second kappa shape index (κ2) is 8.74. The van der Waals surface area contributed by atoms with Crippen LogP contribution < -0.4 is 20.5 Å². The molecule has 0 radical (unpaired) electrons. The van der Waals surface area contributed by atoms with E-state index in [2.05, 4.69) is 5.32 Å². The van der Waals surface area contributed by atoms with Crippen molar-refractivity contribution in [2.75, 3.05) is 13.2 Å². The number of ether oxygens (including phenoxy) is 2. The number of halogens is 1. The number of nitrogens with two attached hydrogens (primary N) is 1. The van der Waals surface area contributed by atoms with Gasteiger partial charge in [-0.2, -0.15) is 0 Å². The molecule has 1 aliphatic rings. The smallest absolute Gasteiger partial charge is 0.251 e. The first kappa shape index (κ1) is 19.1. The van der Waals surface area contributed by atoms with E-state index in [1.807, 2.05) is 37.3 Å². The fraction of sp³-hybridized carbons (Fsp3) is 0.316. The van der Waals surface area contributed by atoms with Gasteiger partial charge < -0.3 is 20.5 Å². The molecule has 25 heavy (non-hydrogen) atoms. The summed E-state index contributed by atoms with van der Waals surface area (Å²) in [6, 6.07) is 13.1. The number of hydrogen-bond donors (Lipinski definition) is 2. The molecule has 1 amide bonds. The number of carbonyl (C=O) groups is 1. The van der Waals surface area contributed by atoms with Crippen LogP contribution in [0.15, 0.2) is 42.5 Å². The fourth-order valence-corrected chi connectivity index (χ4v) is 2.73. The summed E-state index contributed by atoms with van der Waals surface area (Å²) in [5.41, 5.74) is 8.23. The van der Waals surface area contributed by atoms with Crippen molar-refractivity contribution >= 4 is 18.3 Å². The molecule has 0 saturated heterocycles. The Hall–Kier alpha value is -2.24. The van der Waals surface area contributed by atoms with Crippen LogP contribution in [0.2, 0.25) is 0 Å². The molecule has 0 fully saturated rings. The van der Waals surface area contributed by atoms with Crippen molar-refractivity contribution in [2.45, 2.75) is 25.9 Å². The highest BCUT2D eigenvalue weighted by molar-refractivity contribution is 5.94. The van der Waals surface area contributed by atoms with Crippen LogP contribution >= 0.6 is 12.4 Å². The van der Waals surface area contributed by atoms with Crippen molar-refractivity contribution in [3.05, 3.63) is 59.2 Å². The number of nitrogens with one attached hydrogen (secondary N) is 1. The van der Waals surface area contributed by atoms with Gasteiger partial charge in [-0.05, 0) is 41.8 Å². The molecule has 3 N–H and O–H groups in total. The molecule has 1 aliphatic heterocycles. The van der Waals surface area contributed by atoms with Gasteiger partial charge in [0.1, 0.15) is 13.2 Å². The number of carbonyl (C=O) groups excluding carboxylic acids is 1. The van der Waals surface area contributed by atoms with Gasteiger partial charge in [0.2, 0.25) is 0 Å². The minimum atomic E-state index is -0.0969. The summed E-state index contributed by atoms with van der Waals surface area (Å²) in [5.74, 6) is 1.39. The number of benzene rings is 2. The monoisotopic (exact) mass is 362 g/mol. The second-order valence-electron chi connectivity index (χ2n) is 5.74. The molecule has 0 aromatic heterocycles. The van der Waals surface area contributed by atoms with Gasteiger partial charge in [-0.1, -0.05) is 25.1 Å². The summed E-state index contributed by atoms with van der Waals surface area (Å²) in [6.45, 7) is 3.63. The van der Waals surface area contributed by atoms with Crippen molar-refractivity contribution in [3.63, 3.8) is 0 Å². The zero-order chi connectivity index (χ0) is 16.9. The number of amides is 1. The lowest BCUT2D eigenvalue weighted by molar-refractivity contribution is 0.0935. The quantitative estimate of drug-likeness (QED) is 0.856. The first-order valence-corrected chi connectivity index (χ1v) is 8.20. The molecular weight excluding hydrogens is 340 g/mol. The van der Waals surface area contributed by atoms with Crippen LogP contribution in [0.1, 0.15) is 40.9 Å². The predicted octanol–water partition coefficient (Wildman–Crippen LogP) is 3.22. The van der Waals surface area contributed by atoms with Crippen LogP contribution in [0, 0.1) is 0 Å². The SMILES string of the molecule is CCC(NC(=O)c1ccc(CN)cc1)c1ccc2c(c1)OCCO2.Cl. The Kier molecular flexibility index (Phi) is 6.67. The Balaban J connectivity index is 0.00000225. The maximum Gasteiger partial charge on any atom is 0.251 e. The van der Waals surface area contributed by atoms with Crippen molar-refractivity contribution in [2.24, 2.45) is 5.73 Å². The zero-order valence-electron chi connectivity index (χ0n) is 14.2. The second-order valence-corrected chi connectivity index (χ2v) is 5.74. The van der Waals surface area contributed by atoms with Crippen LogP contribution in [0.4, 0.5) is 0 Å². The van der Waals surface area contributed by atoms with Crippen LogP contribution in [0.5, 0.6) is 11.5 Å². The summed E-state index contributed by atoms with van der Waals surface area (Å²) < 4.78 is 11.2. The number of rotatable bonds is 5. The molecular formula is C19H23ClN2O3. The lowest BCUT2D eigenvalue weighted by atomic mass is 10.0. The average Bonchev–Trinajstić information content (AvgIpc) is 2.65. The highest BCUT2D eigenvalue weighted by atomic mass is 35.5. The maximum absolute atomic E-state index is 12.5. The third kappa shape index (κ3) is 4.44. The summed E-state index contributed by atoms with van der Waals surface area (Å²) in [4.78, 5) is 12.5. The summed E-state index contributed by atoms with van der Waals surface area (Å²) in [5, 5.41) is 3.08. The highest BCUT2D eigenvalue weighted by Crippen LogP contribution is 2.33. The number of fused-ring (bicyclic) bond motifs is 1. The Morgan fingerprint density at radius 1 is 1.12 bits per heavy atom. The molecule has 5 nitrogen and oxygen atoms in total. The molecule has 2 aromatic carbocycles. The van der Waals surface area contributed by atoms with Crippen molar-refractivity contribution < 1.29 is 14.3 Å². The summed E-state index contributed by atoms with van der Waals surface area (Å²) in [6.07, 6.45) is 0.784. The maximum atomic E-state index is 12.5. The Morgan fingerprint density at radius 2 is 1.80 bits per heavy atom. The summed E-state index contributed by atoms with van der Waals surface area (Å²) in [7, 11) is 0. The lowest BCUT2D eigenvalue weighted by Gasteiger charge is -2.22. The molecule has 2 aromatic rings. The van der Waals surface area contributed by atoms with E-state index >= 15 is 0 Å².